The minimum Gasteiger partial charge on any atom is -0.351 e. The number of nitrogens with zero attached hydrogens (tertiary/aromatic N) is 4. The van der Waals surface area contributed by atoms with Crippen molar-refractivity contribution in [1.29, 1.82) is 0 Å². The van der Waals surface area contributed by atoms with Gasteiger partial charge < -0.3 is 5.32 Å². The van der Waals surface area contributed by atoms with Crippen LogP contribution in [0.3, 0.4) is 0 Å². The van der Waals surface area contributed by atoms with Gasteiger partial charge in [0, 0.05) is 52.2 Å². The molecule has 0 unspecified atom stereocenters. The van der Waals surface area contributed by atoms with Gasteiger partial charge in [-0.15, -0.1) is 0 Å². The SMILES string of the molecule is Cc1ccc(S(=O)(=O)n2cc(-c3cnc(C)c4cnc(NC5CCCCC5)nc34)c3ccc(C(F)(F)F)cc32)cc1. The minimum atomic E-state index is -4.65. The zero-order valence-corrected chi connectivity index (χ0v) is 23.4. The Morgan fingerprint density at radius 2 is 1.63 bits per heavy atom. The Kier molecular flexibility index (Phi) is 6.72. The van der Waals surface area contributed by atoms with E-state index in [4.69, 9.17) is 4.98 Å². The van der Waals surface area contributed by atoms with Crippen LogP contribution in [-0.4, -0.2) is 33.4 Å². The van der Waals surface area contributed by atoms with Crippen molar-refractivity contribution < 1.29 is 21.6 Å². The minimum absolute atomic E-state index is 0.0304. The van der Waals surface area contributed by atoms with Crippen molar-refractivity contribution in [3.63, 3.8) is 0 Å². The van der Waals surface area contributed by atoms with E-state index in [0.717, 1.165) is 47.4 Å². The van der Waals surface area contributed by atoms with E-state index in [1.165, 1.54) is 30.8 Å². The van der Waals surface area contributed by atoms with Crippen LogP contribution in [0, 0.1) is 13.8 Å². The number of anilines is 1. The largest absolute Gasteiger partial charge is 0.416 e. The lowest BCUT2D eigenvalue weighted by Crippen LogP contribution is -2.23. The van der Waals surface area contributed by atoms with Crippen LogP contribution in [0.25, 0.3) is 32.9 Å². The number of nitrogens with one attached hydrogen (secondary N) is 1. The van der Waals surface area contributed by atoms with Crippen LogP contribution >= 0.6 is 0 Å². The highest BCUT2D eigenvalue weighted by molar-refractivity contribution is 7.90. The molecule has 3 aromatic heterocycles. The first-order valence-corrected chi connectivity index (χ1v) is 14.9. The second-order valence-corrected chi connectivity index (χ2v) is 12.4. The Balaban J connectivity index is 1.57. The molecule has 1 N–H and O–H groups in total. The molecule has 1 saturated carbocycles. The summed E-state index contributed by atoms with van der Waals surface area (Å²) in [6, 6.07) is 9.60. The number of aryl methyl sites for hydroxylation is 2. The molecule has 0 aliphatic heterocycles. The van der Waals surface area contributed by atoms with Gasteiger partial charge in [-0.2, -0.15) is 13.2 Å². The van der Waals surface area contributed by atoms with Gasteiger partial charge in [0.25, 0.3) is 10.0 Å². The monoisotopic (exact) mass is 579 g/mol. The van der Waals surface area contributed by atoms with Crippen molar-refractivity contribution in [2.75, 3.05) is 5.32 Å². The molecule has 0 amide bonds. The van der Waals surface area contributed by atoms with Crippen molar-refractivity contribution >= 4 is 37.8 Å². The Hall–Kier alpha value is -3.99. The lowest BCUT2D eigenvalue weighted by molar-refractivity contribution is -0.137. The highest BCUT2D eigenvalue weighted by Crippen LogP contribution is 2.39. The summed E-state index contributed by atoms with van der Waals surface area (Å²) in [5, 5.41) is 4.43. The number of hydrogen-bond donors (Lipinski definition) is 1. The van der Waals surface area contributed by atoms with E-state index < -0.39 is 21.8 Å². The van der Waals surface area contributed by atoms with Gasteiger partial charge in [-0.05, 0) is 51.0 Å². The van der Waals surface area contributed by atoms with E-state index in [1.807, 2.05) is 13.8 Å². The van der Waals surface area contributed by atoms with Crippen molar-refractivity contribution in [3.8, 4) is 11.1 Å². The van der Waals surface area contributed by atoms with E-state index in [-0.39, 0.29) is 16.5 Å². The number of aromatic nitrogens is 4. The number of alkyl halides is 3. The van der Waals surface area contributed by atoms with Gasteiger partial charge in [-0.3, -0.25) is 4.98 Å². The van der Waals surface area contributed by atoms with E-state index >= 15 is 0 Å². The summed E-state index contributed by atoms with van der Waals surface area (Å²) in [6.07, 6.45) is 5.50. The molecule has 2 aromatic carbocycles. The zero-order valence-electron chi connectivity index (χ0n) is 22.5. The summed E-state index contributed by atoms with van der Waals surface area (Å²) in [5.41, 5.74) is 1.96. The highest BCUT2D eigenvalue weighted by Gasteiger charge is 2.32. The first kappa shape index (κ1) is 27.2. The molecule has 0 radical (unpaired) electrons. The zero-order chi connectivity index (χ0) is 28.9. The van der Waals surface area contributed by atoms with Crippen LogP contribution < -0.4 is 5.32 Å². The van der Waals surface area contributed by atoms with Crippen LogP contribution in [0.5, 0.6) is 0 Å². The topological polar surface area (TPSA) is 89.8 Å². The number of pyridine rings is 1. The van der Waals surface area contributed by atoms with Gasteiger partial charge in [-0.1, -0.05) is 43.0 Å². The van der Waals surface area contributed by atoms with Crippen molar-refractivity contribution in [1.82, 2.24) is 18.9 Å². The van der Waals surface area contributed by atoms with Crippen LogP contribution in [0.1, 0.15) is 48.9 Å². The van der Waals surface area contributed by atoms with Gasteiger partial charge in [-0.25, -0.2) is 22.4 Å². The predicted molar refractivity (Wildman–Crippen MR) is 152 cm³/mol. The molecule has 0 saturated heterocycles. The number of fused-ring (bicyclic) bond motifs is 2. The molecule has 1 aliphatic carbocycles. The fraction of sp³-hybridized carbons (Fsp3) is 0.300. The van der Waals surface area contributed by atoms with Gasteiger partial charge in [0.05, 0.1) is 21.5 Å². The Morgan fingerprint density at radius 3 is 2.34 bits per heavy atom. The molecule has 11 heteroatoms. The van der Waals surface area contributed by atoms with Gasteiger partial charge in [0.15, 0.2) is 0 Å². The summed E-state index contributed by atoms with van der Waals surface area (Å²) < 4.78 is 69.7. The molecule has 1 fully saturated rings. The average molecular weight is 580 g/mol. The molecule has 1 aliphatic rings. The lowest BCUT2D eigenvalue weighted by atomic mass is 9.96. The van der Waals surface area contributed by atoms with Gasteiger partial charge >= 0.3 is 6.18 Å². The molecular weight excluding hydrogens is 551 g/mol. The molecule has 0 atom stereocenters. The number of rotatable bonds is 5. The summed E-state index contributed by atoms with van der Waals surface area (Å²) in [4.78, 5) is 13.8. The lowest BCUT2D eigenvalue weighted by Gasteiger charge is -2.22. The molecule has 7 nitrogen and oxygen atoms in total. The smallest absolute Gasteiger partial charge is 0.351 e. The molecule has 6 rings (SSSR count). The van der Waals surface area contributed by atoms with Crippen LogP contribution in [-0.2, 0) is 16.2 Å². The summed E-state index contributed by atoms with van der Waals surface area (Å²) in [7, 11) is -4.24. The average Bonchev–Trinajstić information content (AvgIpc) is 3.33. The predicted octanol–water partition coefficient (Wildman–Crippen LogP) is 7.26. The van der Waals surface area contributed by atoms with E-state index in [2.05, 4.69) is 15.3 Å². The maximum absolute atomic E-state index is 13.8. The number of halogens is 3. The Labute approximate surface area is 235 Å². The van der Waals surface area contributed by atoms with Gasteiger partial charge in [0.2, 0.25) is 5.95 Å². The standard InChI is InChI=1S/C30H28F3N5O2S/c1-18-8-11-22(12-9-18)41(39,40)38-17-26(23-13-10-20(14-27(23)38)30(31,32)33)25-16-34-19(2)24-15-35-29(37-28(24)25)36-21-6-4-3-5-7-21/h8-17,21H,3-7H2,1-2H3,(H,35,36,37). The normalized spacial score (nSPS) is 15.0. The number of benzene rings is 2. The molecular formula is C30H28F3N5O2S. The maximum atomic E-state index is 13.8. The van der Waals surface area contributed by atoms with Crippen LogP contribution in [0.4, 0.5) is 19.1 Å². The molecule has 0 spiro atoms. The van der Waals surface area contributed by atoms with Crippen molar-refractivity contribution in [2.45, 2.75) is 63.1 Å². The van der Waals surface area contributed by atoms with Crippen LogP contribution in [0.15, 0.2) is 66.0 Å². The summed E-state index contributed by atoms with van der Waals surface area (Å²) in [5.74, 6) is 0.451. The molecule has 0 bridgehead atoms. The molecule has 5 aromatic rings. The first-order valence-electron chi connectivity index (χ1n) is 13.5. The first-order chi connectivity index (χ1) is 19.5. The Bertz CT molecular complexity index is 1880. The molecule has 41 heavy (non-hydrogen) atoms. The van der Waals surface area contributed by atoms with Crippen LogP contribution in [0.2, 0.25) is 0 Å². The molecule has 3 heterocycles. The van der Waals surface area contributed by atoms with E-state index in [1.54, 1.807) is 24.5 Å². The summed E-state index contributed by atoms with van der Waals surface area (Å²) >= 11 is 0. The number of hydrogen-bond acceptors (Lipinski definition) is 6. The Morgan fingerprint density at radius 1 is 0.902 bits per heavy atom. The highest BCUT2D eigenvalue weighted by atomic mass is 32.2. The summed E-state index contributed by atoms with van der Waals surface area (Å²) in [6.45, 7) is 3.65. The van der Waals surface area contributed by atoms with Crippen molar-refractivity contribution in [2.24, 2.45) is 0 Å². The quantitative estimate of drug-likeness (QED) is 0.236. The maximum Gasteiger partial charge on any atom is 0.416 e. The second kappa shape index (κ2) is 10.1. The third-order valence-corrected chi connectivity index (χ3v) is 9.41. The molecule has 212 valence electrons. The van der Waals surface area contributed by atoms with E-state index in [9.17, 15) is 21.6 Å². The third kappa shape index (κ3) is 5.03. The van der Waals surface area contributed by atoms with E-state index in [0.29, 0.717) is 39.1 Å². The fourth-order valence-electron chi connectivity index (χ4n) is 5.45. The third-order valence-electron chi connectivity index (χ3n) is 7.73. The van der Waals surface area contributed by atoms with Crippen molar-refractivity contribution in [3.05, 3.63) is 77.9 Å². The van der Waals surface area contributed by atoms with Gasteiger partial charge in [0.1, 0.15) is 0 Å². The second-order valence-electron chi connectivity index (χ2n) is 10.6. The fourth-order valence-corrected chi connectivity index (χ4v) is 6.81.